The Labute approximate surface area is 168 Å². The van der Waals surface area contributed by atoms with Crippen LogP contribution in [-0.4, -0.2) is 38.4 Å². The van der Waals surface area contributed by atoms with Gasteiger partial charge in [0.1, 0.15) is 5.82 Å². The number of rotatable bonds is 6. The number of amides is 1. The van der Waals surface area contributed by atoms with E-state index in [0.717, 1.165) is 62.6 Å². The van der Waals surface area contributed by atoms with E-state index < -0.39 is 0 Å². The standard InChI is InChI=1S/C23H32N4O/c1-18-15-25-23(21-7-4-12-24-16-21)27(18)17-20-10-13-26(14-11-20)22(28)9-8-19-5-2-3-6-19/h4,7,12,15-16,19-20H,2-3,5-6,8-11,13-14,17H2,1H3. The number of carbonyl (C=O) groups excluding carboxylic acids is 1. The van der Waals surface area contributed by atoms with Crippen molar-refractivity contribution in [1.82, 2.24) is 19.4 Å². The fourth-order valence-corrected chi connectivity index (χ4v) is 4.82. The molecule has 1 saturated carbocycles. The summed E-state index contributed by atoms with van der Waals surface area (Å²) in [6, 6.07) is 4.02. The third-order valence-electron chi connectivity index (χ3n) is 6.62. The number of nitrogens with zero attached hydrogens (tertiary/aromatic N) is 4. The Kier molecular flexibility index (Phi) is 6.08. The van der Waals surface area contributed by atoms with Gasteiger partial charge in [-0.05, 0) is 50.2 Å². The van der Waals surface area contributed by atoms with Crippen molar-refractivity contribution in [2.75, 3.05) is 13.1 Å². The van der Waals surface area contributed by atoms with Crippen LogP contribution >= 0.6 is 0 Å². The van der Waals surface area contributed by atoms with E-state index in [9.17, 15) is 4.79 Å². The Hall–Kier alpha value is -2.17. The largest absolute Gasteiger partial charge is 0.343 e. The molecule has 5 heteroatoms. The second-order valence-corrected chi connectivity index (χ2v) is 8.59. The van der Waals surface area contributed by atoms with Crippen LogP contribution in [0.25, 0.3) is 11.4 Å². The van der Waals surface area contributed by atoms with Crippen LogP contribution in [0.3, 0.4) is 0 Å². The van der Waals surface area contributed by atoms with Gasteiger partial charge in [-0.15, -0.1) is 0 Å². The summed E-state index contributed by atoms with van der Waals surface area (Å²) >= 11 is 0. The Balaban J connectivity index is 1.30. The molecular formula is C23H32N4O. The van der Waals surface area contributed by atoms with Crippen molar-refractivity contribution < 1.29 is 4.79 Å². The summed E-state index contributed by atoms with van der Waals surface area (Å²) in [5, 5.41) is 0. The molecule has 1 aliphatic heterocycles. The summed E-state index contributed by atoms with van der Waals surface area (Å²) < 4.78 is 2.32. The minimum absolute atomic E-state index is 0.375. The van der Waals surface area contributed by atoms with E-state index in [1.165, 1.54) is 31.4 Å². The van der Waals surface area contributed by atoms with Crippen LogP contribution in [0.5, 0.6) is 0 Å². The predicted octanol–water partition coefficient (Wildman–Crippen LogP) is 4.46. The molecule has 5 nitrogen and oxygen atoms in total. The van der Waals surface area contributed by atoms with E-state index in [4.69, 9.17) is 0 Å². The number of hydrogen-bond acceptors (Lipinski definition) is 3. The molecule has 0 spiro atoms. The molecule has 0 unspecified atom stereocenters. The highest BCUT2D eigenvalue weighted by Gasteiger charge is 2.25. The maximum Gasteiger partial charge on any atom is 0.222 e. The molecule has 2 aromatic rings. The van der Waals surface area contributed by atoms with Gasteiger partial charge in [-0.1, -0.05) is 25.7 Å². The first-order valence-electron chi connectivity index (χ1n) is 10.9. The van der Waals surface area contributed by atoms with Crippen molar-refractivity contribution >= 4 is 5.91 Å². The zero-order valence-corrected chi connectivity index (χ0v) is 17.0. The summed E-state index contributed by atoms with van der Waals surface area (Å²) in [5.41, 5.74) is 2.25. The fourth-order valence-electron chi connectivity index (χ4n) is 4.82. The van der Waals surface area contributed by atoms with Gasteiger partial charge in [0, 0.05) is 55.9 Å². The van der Waals surface area contributed by atoms with E-state index in [1.807, 2.05) is 18.5 Å². The van der Waals surface area contributed by atoms with Gasteiger partial charge in [0.25, 0.3) is 0 Å². The van der Waals surface area contributed by atoms with E-state index >= 15 is 0 Å². The summed E-state index contributed by atoms with van der Waals surface area (Å²) in [7, 11) is 0. The summed E-state index contributed by atoms with van der Waals surface area (Å²) in [5.74, 6) is 2.78. The monoisotopic (exact) mass is 380 g/mol. The lowest BCUT2D eigenvalue weighted by Gasteiger charge is -2.33. The molecule has 0 aromatic carbocycles. The van der Waals surface area contributed by atoms with Crippen LogP contribution in [0.4, 0.5) is 0 Å². The van der Waals surface area contributed by atoms with Crippen LogP contribution in [0.15, 0.2) is 30.7 Å². The van der Waals surface area contributed by atoms with E-state index in [1.54, 1.807) is 6.20 Å². The first kappa shape index (κ1) is 19.2. The van der Waals surface area contributed by atoms with Crippen molar-refractivity contribution in [2.45, 2.75) is 64.8 Å². The highest BCUT2D eigenvalue weighted by molar-refractivity contribution is 5.76. The van der Waals surface area contributed by atoms with Crippen LogP contribution in [0.2, 0.25) is 0 Å². The van der Waals surface area contributed by atoms with Gasteiger partial charge in [0.15, 0.2) is 0 Å². The molecule has 1 saturated heterocycles. The summed E-state index contributed by atoms with van der Waals surface area (Å²) in [4.78, 5) is 23.5. The lowest BCUT2D eigenvalue weighted by molar-refractivity contribution is -0.133. The number of likely N-dealkylation sites (tertiary alicyclic amines) is 1. The van der Waals surface area contributed by atoms with E-state index in [-0.39, 0.29) is 0 Å². The quantitative estimate of drug-likeness (QED) is 0.743. The van der Waals surface area contributed by atoms with Gasteiger partial charge >= 0.3 is 0 Å². The number of pyridine rings is 1. The lowest BCUT2D eigenvalue weighted by atomic mass is 9.95. The minimum Gasteiger partial charge on any atom is -0.343 e. The highest BCUT2D eigenvalue weighted by Crippen LogP contribution is 2.29. The molecule has 4 rings (SSSR count). The van der Waals surface area contributed by atoms with E-state index in [2.05, 4.69) is 32.4 Å². The first-order valence-corrected chi connectivity index (χ1v) is 10.9. The number of carbonyl (C=O) groups is 1. The summed E-state index contributed by atoms with van der Waals surface area (Å²) in [6.07, 6.45) is 15.0. The molecule has 2 aliphatic rings. The molecule has 0 atom stereocenters. The number of imidazole rings is 1. The van der Waals surface area contributed by atoms with Crippen LogP contribution in [0, 0.1) is 18.8 Å². The van der Waals surface area contributed by atoms with Crippen molar-refractivity contribution in [3.63, 3.8) is 0 Å². The Bertz CT molecular complexity index is 771. The van der Waals surface area contributed by atoms with Crippen LogP contribution < -0.4 is 0 Å². The topological polar surface area (TPSA) is 51.0 Å². The molecule has 28 heavy (non-hydrogen) atoms. The first-order chi connectivity index (χ1) is 13.7. The number of aromatic nitrogens is 3. The van der Waals surface area contributed by atoms with Gasteiger partial charge in [0.05, 0.1) is 0 Å². The fraction of sp³-hybridized carbons (Fsp3) is 0.609. The van der Waals surface area contributed by atoms with Gasteiger partial charge in [-0.3, -0.25) is 9.78 Å². The number of aryl methyl sites for hydroxylation is 1. The molecule has 3 heterocycles. The van der Waals surface area contributed by atoms with Crippen molar-refractivity contribution in [2.24, 2.45) is 11.8 Å². The Morgan fingerprint density at radius 1 is 1.11 bits per heavy atom. The Morgan fingerprint density at radius 3 is 2.61 bits per heavy atom. The molecule has 2 aromatic heterocycles. The molecule has 2 fully saturated rings. The maximum absolute atomic E-state index is 12.6. The van der Waals surface area contributed by atoms with Gasteiger partial charge < -0.3 is 9.47 Å². The number of piperidine rings is 1. The molecule has 150 valence electrons. The molecule has 0 bridgehead atoms. The zero-order valence-electron chi connectivity index (χ0n) is 17.0. The van der Waals surface area contributed by atoms with Crippen molar-refractivity contribution in [1.29, 1.82) is 0 Å². The molecule has 0 N–H and O–H groups in total. The second kappa shape index (κ2) is 8.89. The molecule has 1 aliphatic carbocycles. The number of hydrogen-bond donors (Lipinski definition) is 0. The normalized spacial score (nSPS) is 18.7. The zero-order chi connectivity index (χ0) is 19.3. The minimum atomic E-state index is 0.375. The third kappa shape index (κ3) is 4.45. The molecular weight excluding hydrogens is 348 g/mol. The van der Waals surface area contributed by atoms with Crippen molar-refractivity contribution in [3.05, 3.63) is 36.4 Å². The third-order valence-corrected chi connectivity index (χ3v) is 6.62. The molecule has 0 radical (unpaired) electrons. The SMILES string of the molecule is Cc1cnc(-c2cccnc2)n1CC1CCN(C(=O)CCC2CCCC2)CC1. The van der Waals surface area contributed by atoms with Gasteiger partial charge in [0.2, 0.25) is 5.91 Å². The van der Waals surface area contributed by atoms with Gasteiger partial charge in [-0.2, -0.15) is 0 Å². The smallest absolute Gasteiger partial charge is 0.222 e. The van der Waals surface area contributed by atoms with Crippen LogP contribution in [0.1, 0.15) is 57.1 Å². The van der Waals surface area contributed by atoms with E-state index in [0.29, 0.717) is 11.8 Å². The van der Waals surface area contributed by atoms with Crippen LogP contribution in [-0.2, 0) is 11.3 Å². The molecule has 1 amide bonds. The summed E-state index contributed by atoms with van der Waals surface area (Å²) in [6.45, 7) is 4.91. The second-order valence-electron chi connectivity index (χ2n) is 8.59. The maximum atomic E-state index is 12.6. The average molecular weight is 381 g/mol. The average Bonchev–Trinajstić information content (AvgIpc) is 3.38. The lowest BCUT2D eigenvalue weighted by Crippen LogP contribution is -2.39. The highest BCUT2D eigenvalue weighted by atomic mass is 16.2. The van der Waals surface area contributed by atoms with Gasteiger partial charge in [-0.25, -0.2) is 4.98 Å². The Morgan fingerprint density at radius 2 is 1.89 bits per heavy atom. The van der Waals surface area contributed by atoms with Crippen molar-refractivity contribution in [3.8, 4) is 11.4 Å². The predicted molar refractivity (Wildman–Crippen MR) is 111 cm³/mol.